The Hall–Kier alpha value is -1.14. The SMILES string of the molecule is CC.Cc1ccccc1-c1c(O)c(C(C)C)nn(CC(F)F)c1=O.[CH3-].[Y]. The van der Waals surface area contributed by atoms with Crippen molar-refractivity contribution in [3.63, 3.8) is 0 Å². The fraction of sp³-hybridized carbons (Fsp3) is 0.421. The molecule has 2 aromatic rings. The first-order valence-electron chi connectivity index (χ1n) is 8.01. The summed E-state index contributed by atoms with van der Waals surface area (Å²) in [6.45, 7) is 8.56. The molecule has 2 rings (SSSR count). The predicted octanol–water partition coefficient (Wildman–Crippen LogP) is 4.79. The fourth-order valence-electron chi connectivity index (χ4n) is 2.32. The molecule has 4 nitrogen and oxygen atoms in total. The summed E-state index contributed by atoms with van der Waals surface area (Å²) in [5.74, 6) is -0.438. The zero-order valence-electron chi connectivity index (χ0n) is 16.3. The maximum atomic E-state index is 12.7. The molecule has 0 bridgehead atoms. The number of rotatable bonds is 4. The Kier molecular flexibility index (Phi) is 12.8. The Morgan fingerprint density at radius 3 is 2.19 bits per heavy atom. The molecule has 1 heterocycles. The Labute approximate surface area is 179 Å². The van der Waals surface area contributed by atoms with Crippen molar-refractivity contribution < 1.29 is 46.6 Å². The van der Waals surface area contributed by atoms with Gasteiger partial charge >= 0.3 is 0 Å². The second-order valence-corrected chi connectivity index (χ2v) is 5.46. The summed E-state index contributed by atoms with van der Waals surface area (Å²) in [6, 6.07) is 7.01. The van der Waals surface area contributed by atoms with Crippen LogP contribution in [0.15, 0.2) is 29.1 Å². The third-order valence-electron chi connectivity index (χ3n) is 3.43. The van der Waals surface area contributed by atoms with Crippen LogP contribution >= 0.6 is 0 Å². The summed E-state index contributed by atoms with van der Waals surface area (Å²) in [5, 5.41) is 14.3. The van der Waals surface area contributed by atoms with Gasteiger partial charge in [-0.1, -0.05) is 52.0 Å². The van der Waals surface area contributed by atoms with Crippen molar-refractivity contribution in [3.05, 3.63) is 53.3 Å². The summed E-state index contributed by atoms with van der Waals surface area (Å²) >= 11 is 0. The Bertz CT molecular complexity index is 747. The maximum absolute atomic E-state index is 12.7. The van der Waals surface area contributed by atoms with Gasteiger partial charge < -0.3 is 12.5 Å². The van der Waals surface area contributed by atoms with E-state index in [1.165, 1.54) is 0 Å². The van der Waals surface area contributed by atoms with E-state index < -0.39 is 18.5 Å². The van der Waals surface area contributed by atoms with E-state index in [2.05, 4.69) is 5.10 Å². The van der Waals surface area contributed by atoms with E-state index in [-0.39, 0.29) is 63.1 Å². The van der Waals surface area contributed by atoms with Gasteiger partial charge in [0.05, 0.1) is 5.56 Å². The van der Waals surface area contributed by atoms with Crippen LogP contribution in [-0.4, -0.2) is 21.3 Å². The van der Waals surface area contributed by atoms with Crippen LogP contribution in [0.25, 0.3) is 11.1 Å². The fourth-order valence-corrected chi connectivity index (χ4v) is 2.32. The Morgan fingerprint density at radius 2 is 1.73 bits per heavy atom. The van der Waals surface area contributed by atoms with Gasteiger partial charge in [0, 0.05) is 38.6 Å². The second-order valence-electron chi connectivity index (χ2n) is 5.46. The molecule has 0 aliphatic heterocycles. The van der Waals surface area contributed by atoms with E-state index in [1.807, 2.05) is 13.8 Å². The molecule has 0 unspecified atom stereocenters. The summed E-state index contributed by atoms with van der Waals surface area (Å²) in [5.41, 5.74) is 0.851. The van der Waals surface area contributed by atoms with Crippen molar-refractivity contribution in [3.8, 4) is 16.9 Å². The largest absolute Gasteiger partial charge is 0.505 e. The molecular weight excluding hydrogens is 415 g/mol. The Balaban J connectivity index is 0. The van der Waals surface area contributed by atoms with Gasteiger partial charge in [-0.2, -0.15) is 5.10 Å². The van der Waals surface area contributed by atoms with Gasteiger partial charge in [0.25, 0.3) is 12.0 Å². The molecular formula is C19H27F2N2O2Y-. The van der Waals surface area contributed by atoms with Crippen LogP contribution in [0.2, 0.25) is 0 Å². The maximum Gasteiger partial charge on any atom is 0.278 e. The smallest absolute Gasteiger partial charge is 0.278 e. The minimum Gasteiger partial charge on any atom is -0.505 e. The van der Waals surface area contributed by atoms with Gasteiger partial charge in [-0.05, 0) is 18.1 Å². The summed E-state index contributed by atoms with van der Waals surface area (Å²) in [4.78, 5) is 12.5. The molecule has 26 heavy (non-hydrogen) atoms. The van der Waals surface area contributed by atoms with E-state index in [4.69, 9.17) is 0 Å². The topological polar surface area (TPSA) is 55.1 Å². The molecule has 0 amide bonds. The molecule has 1 radical (unpaired) electrons. The van der Waals surface area contributed by atoms with E-state index in [0.29, 0.717) is 5.56 Å². The molecule has 1 aromatic heterocycles. The number of aromatic nitrogens is 2. The van der Waals surface area contributed by atoms with E-state index in [0.717, 1.165) is 10.2 Å². The first-order chi connectivity index (χ1) is 11.3. The van der Waals surface area contributed by atoms with Gasteiger partial charge in [-0.15, -0.1) is 0 Å². The standard InChI is InChI=1S/C16H18F2N2O2.C2H6.CH3.Y/c1-9(2)14-15(21)13(11-7-5-4-6-10(11)3)16(22)20(19-14)8-12(17)18;1-2;;/h4-7,9,12,21H,8H2,1-3H3;1-2H3;1H3;/q;;-1;. The molecule has 0 saturated carbocycles. The molecule has 1 N–H and O–H groups in total. The van der Waals surface area contributed by atoms with Crippen molar-refractivity contribution in [1.82, 2.24) is 9.78 Å². The van der Waals surface area contributed by atoms with E-state index in [1.54, 1.807) is 45.0 Å². The number of alkyl halides is 2. The summed E-state index contributed by atoms with van der Waals surface area (Å²) in [6.07, 6.45) is -2.69. The summed E-state index contributed by atoms with van der Waals surface area (Å²) in [7, 11) is 0. The van der Waals surface area contributed by atoms with E-state index in [9.17, 15) is 18.7 Å². The van der Waals surface area contributed by atoms with Crippen LogP contribution in [-0.2, 0) is 39.3 Å². The number of benzene rings is 1. The van der Waals surface area contributed by atoms with Crippen LogP contribution in [0.4, 0.5) is 8.78 Å². The second kappa shape index (κ2) is 12.3. The monoisotopic (exact) mass is 442 g/mol. The molecule has 0 saturated heterocycles. The summed E-state index contributed by atoms with van der Waals surface area (Å²) < 4.78 is 26.1. The van der Waals surface area contributed by atoms with Crippen LogP contribution < -0.4 is 5.56 Å². The number of halogens is 2. The first kappa shape index (κ1) is 27.1. The molecule has 7 heteroatoms. The van der Waals surface area contributed by atoms with Gasteiger partial charge in [0.1, 0.15) is 12.2 Å². The first-order valence-corrected chi connectivity index (χ1v) is 8.01. The molecule has 1 aromatic carbocycles. The third kappa shape index (κ3) is 6.24. The van der Waals surface area contributed by atoms with Gasteiger partial charge in [0.2, 0.25) is 0 Å². The number of aryl methyl sites for hydroxylation is 1. The van der Waals surface area contributed by atoms with Gasteiger partial charge in [-0.25, -0.2) is 13.5 Å². The molecule has 143 valence electrons. The molecule has 0 fully saturated rings. The van der Waals surface area contributed by atoms with Crippen molar-refractivity contribution in [2.24, 2.45) is 0 Å². The average Bonchev–Trinajstić information content (AvgIpc) is 2.53. The van der Waals surface area contributed by atoms with Crippen LogP contribution in [0.1, 0.15) is 44.9 Å². The molecule has 0 aliphatic carbocycles. The minimum absolute atomic E-state index is 0. The Morgan fingerprint density at radius 1 is 1.19 bits per heavy atom. The third-order valence-corrected chi connectivity index (χ3v) is 3.43. The van der Waals surface area contributed by atoms with Crippen LogP contribution in [0.5, 0.6) is 5.75 Å². The predicted molar refractivity (Wildman–Crippen MR) is 98.2 cm³/mol. The van der Waals surface area contributed by atoms with Gasteiger partial charge in [0.15, 0.2) is 5.75 Å². The van der Waals surface area contributed by atoms with Crippen molar-refractivity contribution in [2.45, 2.75) is 53.5 Å². The zero-order chi connectivity index (χ0) is 18.4. The number of aromatic hydroxyl groups is 1. The number of hydrogen-bond acceptors (Lipinski definition) is 3. The molecule has 0 aliphatic rings. The minimum atomic E-state index is -2.69. The zero-order valence-corrected chi connectivity index (χ0v) is 19.1. The van der Waals surface area contributed by atoms with Gasteiger partial charge in [-0.3, -0.25) is 4.79 Å². The number of hydrogen-bond donors (Lipinski definition) is 1. The van der Waals surface area contributed by atoms with Crippen molar-refractivity contribution in [2.75, 3.05) is 0 Å². The van der Waals surface area contributed by atoms with Crippen molar-refractivity contribution >= 4 is 0 Å². The van der Waals surface area contributed by atoms with E-state index >= 15 is 0 Å². The normalized spacial score (nSPS) is 9.88. The quantitative estimate of drug-likeness (QED) is 0.693. The van der Waals surface area contributed by atoms with Crippen LogP contribution in [0.3, 0.4) is 0 Å². The van der Waals surface area contributed by atoms with Crippen LogP contribution in [0, 0.1) is 14.4 Å². The molecule has 0 spiro atoms. The van der Waals surface area contributed by atoms with Crippen molar-refractivity contribution in [1.29, 1.82) is 0 Å². The molecule has 0 atom stereocenters. The average molecular weight is 442 g/mol. The number of nitrogens with zero attached hydrogens (tertiary/aromatic N) is 2.